The van der Waals surface area contributed by atoms with Gasteiger partial charge in [0.15, 0.2) is 0 Å². The van der Waals surface area contributed by atoms with E-state index >= 15 is 0 Å². The topological polar surface area (TPSA) is 98.6 Å². The van der Waals surface area contributed by atoms with Crippen LogP contribution in [0.4, 0.5) is 0 Å². The SMILES string of the molecule is CC(C)CCCCCCCCCCCCCCCOS(=O)(=O)C1(C)C=CC=CC1C.CCO.N. The van der Waals surface area contributed by atoms with E-state index < -0.39 is 14.9 Å². The van der Waals surface area contributed by atoms with Crippen molar-refractivity contribution in [1.29, 1.82) is 0 Å². The van der Waals surface area contributed by atoms with E-state index in [1.165, 1.54) is 77.0 Å². The molecular formula is C28H57NO4S. The molecule has 6 heteroatoms. The fraction of sp³-hybridized carbons (Fsp3) is 0.857. The second-order valence-electron chi connectivity index (χ2n) is 10.1. The van der Waals surface area contributed by atoms with E-state index in [4.69, 9.17) is 9.29 Å². The van der Waals surface area contributed by atoms with E-state index in [1.54, 1.807) is 26.0 Å². The number of aliphatic hydroxyl groups is 1. The summed E-state index contributed by atoms with van der Waals surface area (Å²) in [5, 5.41) is 7.57. The number of aliphatic hydroxyl groups excluding tert-OH is 1. The summed E-state index contributed by atoms with van der Waals surface area (Å²) in [6, 6.07) is 0. The van der Waals surface area contributed by atoms with Crippen LogP contribution in [0.3, 0.4) is 0 Å². The highest BCUT2D eigenvalue weighted by molar-refractivity contribution is 7.88. The van der Waals surface area contributed by atoms with E-state index in [-0.39, 0.29) is 18.7 Å². The van der Waals surface area contributed by atoms with Gasteiger partial charge in [-0.2, -0.15) is 8.42 Å². The average Bonchev–Trinajstić information content (AvgIpc) is 2.75. The maximum Gasteiger partial charge on any atom is 0.277 e. The Balaban J connectivity index is 0. The highest BCUT2D eigenvalue weighted by Crippen LogP contribution is 2.33. The molecule has 1 aliphatic rings. The van der Waals surface area contributed by atoms with Gasteiger partial charge in [0.05, 0.1) is 6.61 Å². The van der Waals surface area contributed by atoms with Crippen molar-refractivity contribution in [3.8, 4) is 0 Å². The molecule has 5 nitrogen and oxygen atoms in total. The lowest BCUT2D eigenvalue weighted by atomic mass is 9.91. The molecule has 0 bridgehead atoms. The van der Waals surface area contributed by atoms with Crippen LogP contribution in [0.25, 0.3) is 0 Å². The second kappa shape index (κ2) is 21.6. The molecule has 0 saturated heterocycles. The fourth-order valence-electron chi connectivity index (χ4n) is 4.03. The molecule has 0 aromatic carbocycles. The van der Waals surface area contributed by atoms with Gasteiger partial charge in [-0.1, -0.05) is 129 Å². The Bertz CT molecular complexity index is 616. The highest BCUT2D eigenvalue weighted by atomic mass is 32.2. The summed E-state index contributed by atoms with van der Waals surface area (Å²) in [6.07, 6.45) is 25.5. The van der Waals surface area contributed by atoms with Crippen LogP contribution in [0.5, 0.6) is 0 Å². The normalized spacial score (nSPS) is 19.6. The molecule has 0 spiro atoms. The summed E-state index contributed by atoms with van der Waals surface area (Å²) in [6.45, 7) is 10.5. The Kier molecular flexibility index (Phi) is 22.5. The van der Waals surface area contributed by atoms with Crippen molar-refractivity contribution < 1.29 is 17.7 Å². The zero-order valence-corrected chi connectivity index (χ0v) is 23.9. The predicted octanol–water partition coefficient (Wildman–Crippen LogP) is 8.13. The molecule has 0 heterocycles. The van der Waals surface area contributed by atoms with E-state index in [0.717, 1.165) is 18.8 Å². The van der Waals surface area contributed by atoms with Crippen molar-refractivity contribution >= 4 is 10.1 Å². The van der Waals surface area contributed by atoms with Crippen LogP contribution < -0.4 is 6.15 Å². The molecular weight excluding hydrogens is 446 g/mol. The number of rotatable bonds is 18. The lowest BCUT2D eigenvalue weighted by Crippen LogP contribution is -2.41. The smallest absolute Gasteiger partial charge is 0.277 e. The van der Waals surface area contributed by atoms with E-state index in [0.29, 0.717) is 6.61 Å². The van der Waals surface area contributed by atoms with Crippen molar-refractivity contribution in [3.05, 3.63) is 24.3 Å². The molecule has 0 aromatic rings. The van der Waals surface area contributed by atoms with Crippen LogP contribution in [-0.2, 0) is 14.3 Å². The summed E-state index contributed by atoms with van der Waals surface area (Å²) in [5.41, 5.74) is 0. The minimum absolute atomic E-state index is 0. The maximum atomic E-state index is 12.6. The molecule has 0 aromatic heterocycles. The Labute approximate surface area is 212 Å². The molecule has 0 radical (unpaired) electrons. The first-order valence-corrected chi connectivity index (χ1v) is 15.0. The largest absolute Gasteiger partial charge is 0.397 e. The molecule has 1 rings (SSSR count). The third kappa shape index (κ3) is 16.1. The molecule has 4 N–H and O–H groups in total. The highest BCUT2D eigenvalue weighted by Gasteiger charge is 2.42. The van der Waals surface area contributed by atoms with Crippen LogP contribution in [0.15, 0.2) is 24.3 Å². The third-order valence-electron chi connectivity index (χ3n) is 6.55. The van der Waals surface area contributed by atoms with Gasteiger partial charge >= 0.3 is 0 Å². The molecule has 0 fully saturated rings. The van der Waals surface area contributed by atoms with Crippen molar-refractivity contribution in [2.24, 2.45) is 11.8 Å². The summed E-state index contributed by atoms with van der Waals surface area (Å²) in [4.78, 5) is 0. The quantitative estimate of drug-likeness (QED) is 0.145. The molecule has 0 aliphatic heterocycles. The second-order valence-corrected chi connectivity index (χ2v) is 12.1. The minimum atomic E-state index is -3.59. The predicted molar refractivity (Wildman–Crippen MR) is 148 cm³/mol. The Hall–Kier alpha value is -0.690. The van der Waals surface area contributed by atoms with Gasteiger partial charge in [0.2, 0.25) is 0 Å². The molecule has 204 valence electrons. The Morgan fingerprint density at radius 3 is 1.68 bits per heavy atom. The zero-order valence-electron chi connectivity index (χ0n) is 23.1. The van der Waals surface area contributed by atoms with Gasteiger partial charge in [0.1, 0.15) is 4.75 Å². The lowest BCUT2D eigenvalue weighted by Gasteiger charge is -2.31. The van der Waals surface area contributed by atoms with Gasteiger partial charge in [0.25, 0.3) is 10.1 Å². The first-order valence-electron chi connectivity index (χ1n) is 13.6. The molecule has 0 saturated carbocycles. The molecule has 0 amide bonds. The molecule has 2 atom stereocenters. The zero-order chi connectivity index (χ0) is 25.0. The monoisotopic (exact) mass is 503 g/mol. The fourth-order valence-corrected chi connectivity index (χ4v) is 5.40. The van der Waals surface area contributed by atoms with Crippen LogP contribution in [0, 0.1) is 11.8 Å². The van der Waals surface area contributed by atoms with Crippen molar-refractivity contribution in [3.63, 3.8) is 0 Å². The van der Waals surface area contributed by atoms with Gasteiger partial charge in [-0.3, -0.25) is 4.18 Å². The van der Waals surface area contributed by atoms with Crippen LogP contribution in [0.1, 0.15) is 125 Å². The number of hydrogen-bond acceptors (Lipinski definition) is 5. The van der Waals surface area contributed by atoms with E-state index in [2.05, 4.69) is 13.8 Å². The third-order valence-corrected chi connectivity index (χ3v) is 8.61. The molecule has 34 heavy (non-hydrogen) atoms. The van der Waals surface area contributed by atoms with Gasteiger partial charge < -0.3 is 11.3 Å². The summed E-state index contributed by atoms with van der Waals surface area (Å²) in [7, 11) is -3.59. The standard InChI is InChI=1S/C26H48O3S.C2H6O.H3N/c1-24(2)20-16-14-12-10-8-6-5-7-9-11-13-15-19-23-29-30(27,28)26(4)22-18-17-21-25(26)3;1-2-3;/h17-18,21-22,24-25H,5-16,19-20,23H2,1-4H3;3H,2H2,1H3;1H3. The van der Waals surface area contributed by atoms with Crippen molar-refractivity contribution in [2.75, 3.05) is 13.2 Å². The van der Waals surface area contributed by atoms with Crippen molar-refractivity contribution in [1.82, 2.24) is 6.15 Å². The number of allylic oxidation sites excluding steroid dienone is 3. The lowest BCUT2D eigenvalue weighted by molar-refractivity contribution is 0.288. The first-order chi connectivity index (χ1) is 15.7. The summed E-state index contributed by atoms with van der Waals surface area (Å²) >= 11 is 0. The van der Waals surface area contributed by atoms with Crippen LogP contribution >= 0.6 is 0 Å². The van der Waals surface area contributed by atoms with Gasteiger partial charge in [0, 0.05) is 6.61 Å². The number of unbranched alkanes of at least 4 members (excludes halogenated alkanes) is 12. The first kappa shape index (κ1) is 35.5. The minimum Gasteiger partial charge on any atom is -0.397 e. The van der Waals surface area contributed by atoms with E-state index in [9.17, 15) is 8.42 Å². The molecule has 1 aliphatic carbocycles. The maximum absolute atomic E-state index is 12.6. The van der Waals surface area contributed by atoms with Gasteiger partial charge in [-0.05, 0) is 32.1 Å². The van der Waals surface area contributed by atoms with Crippen LogP contribution in [0.2, 0.25) is 0 Å². The van der Waals surface area contributed by atoms with E-state index in [1.807, 2.05) is 19.1 Å². The van der Waals surface area contributed by atoms with Crippen LogP contribution in [-0.4, -0.2) is 31.5 Å². The molecule has 2 unspecified atom stereocenters. The summed E-state index contributed by atoms with van der Waals surface area (Å²) < 4.78 is 29.5. The number of hydrogen-bond donors (Lipinski definition) is 2. The van der Waals surface area contributed by atoms with Gasteiger partial charge in [-0.15, -0.1) is 0 Å². The van der Waals surface area contributed by atoms with Crippen molar-refractivity contribution in [2.45, 2.75) is 129 Å². The average molecular weight is 504 g/mol. The summed E-state index contributed by atoms with van der Waals surface area (Å²) in [5.74, 6) is 0.784. The Morgan fingerprint density at radius 1 is 0.853 bits per heavy atom. The Morgan fingerprint density at radius 2 is 1.26 bits per heavy atom. The van der Waals surface area contributed by atoms with Gasteiger partial charge in [-0.25, -0.2) is 0 Å².